The normalized spacial score (nSPS) is 17.1. The summed E-state index contributed by atoms with van der Waals surface area (Å²) in [6, 6.07) is 17.4. The number of likely N-dealkylation sites (tertiary alicyclic amines) is 2. The number of rotatable bonds is 7. The quantitative estimate of drug-likeness (QED) is 0.413. The molecule has 0 aliphatic carbocycles. The number of amides is 2. The van der Waals surface area contributed by atoms with Gasteiger partial charge < -0.3 is 19.7 Å². The number of benzene rings is 2. The fourth-order valence-corrected chi connectivity index (χ4v) is 4.92. The van der Waals surface area contributed by atoms with Gasteiger partial charge in [-0.25, -0.2) is 4.79 Å². The van der Waals surface area contributed by atoms with Crippen LogP contribution in [0.4, 0.5) is 23.7 Å². The summed E-state index contributed by atoms with van der Waals surface area (Å²) < 4.78 is 47.6. The summed E-state index contributed by atoms with van der Waals surface area (Å²) in [6.07, 6.45) is 1.03. The molecule has 10 heteroatoms. The number of carbonyl (C=O) groups excluding carboxylic acids is 1. The van der Waals surface area contributed by atoms with E-state index in [0.29, 0.717) is 17.2 Å². The van der Waals surface area contributed by atoms with Gasteiger partial charge in [0.05, 0.1) is 11.9 Å². The van der Waals surface area contributed by atoms with E-state index in [9.17, 15) is 18.0 Å². The molecular weight excluding hydrogens is 497 g/mol. The predicted octanol–water partition coefficient (Wildman–Crippen LogP) is 5.94. The molecule has 2 aromatic carbocycles. The molecule has 2 amide bonds. The van der Waals surface area contributed by atoms with Crippen LogP contribution in [0.15, 0.2) is 73.1 Å². The summed E-state index contributed by atoms with van der Waals surface area (Å²) in [5, 5.41) is 2.90. The lowest BCUT2D eigenvalue weighted by molar-refractivity contribution is -0.153. The summed E-state index contributed by atoms with van der Waals surface area (Å²) in [5.74, 6) is 1.31. The lowest BCUT2D eigenvalue weighted by Crippen LogP contribution is -2.62. The zero-order valence-electron chi connectivity index (χ0n) is 20.8. The Morgan fingerprint density at radius 2 is 1.71 bits per heavy atom. The van der Waals surface area contributed by atoms with Crippen molar-refractivity contribution in [3.8, 4) is 17.2 Å². The minimum absolute atomic E-state index is 0.0775. The molecule has 2 aliphatic rings. The van der Waals surface area contributed by atoms with Crippen molar-refractivity contribution in [3.05, 3.63) is 78.6 Å². The molecule has 1 spiro atoms. The first kappa shape index (κ1) is 25.8. The van der Waals surface area contributed by atoms with Gasteiger partial charge in [-0.1, -0.05) is 12.1 Å². The molecule has 1 aromatic heterocycles. The van der Waals surface area contributed by atoms with Gasteiger partial charge in [0.25, 0.3) is 0 Å². The maximum absolute atomic E-state index is 12.5. The third-order valence-electron chi connectivity index (χ3n) is 6.94. The molecule has 5 rings (SSSR count). The number of halogens is 3. The lowest BCUT2D eigenvalue weighted by atomic mass is 9.72. The number of aromatic nitrogens is 1. The minimum Gasteiger partial charge on any atom is -0.484 e. The fourth-order valence-electron chi connectivity index (χ4n) is 4.92. The average molecular weight is 527 g/mol. The van der Waals surface area contributed by atoms with Crippen LogP contribution in [0, 0.1) is 5.41 Å². The average Bonchev–Trinajstić information content (AvgIpc) is 2.88. The molecule has 2 aliphatic heterocycles. The van der Waals surface area contributed by atoms with E-state index in [1.54, 1.807) is 30.6 Å². The number of anilines is 1. The molecule has 7 nitrogen and oxygen atoms in total. The summed E-state index contributed by atoms with van der Waals surface area (Å²) >= 11 is 0. The van der Waals surface area contributed by atoms with Crippen molar-refractivity contribution < 1.29 is 27.4 Å². The van der Waals surface area contributed by atoms with E-state index in [0.717, 1.165) is 51.1 Å². The Morgan fingerprint density at radius 3 is 2.39 bits per heavy atom. The van der Waals surface area contributed by atoms with Gasteiger partial charge in [-0.3, -0.25) is 9.88 Å². The number of hydrogen-bond acceptors (Lipinski definition) is 5. The molecule has 3 heterocycles. The van der Waals surface area contributed by atoms with Crippen LogP contribution < -0.4 is 14.8 Å². The van der Waals surface area contributed by atoms with Crippen LogP contribution in [0.2, 0.25) is 0 Å². The third-order valence-corrected chi connectivity index (χ3v) is 6.94. The maximum atomic E-state index is 12.5. The highest BCUT2D eigenvalue weighted by Crippen LogP contribution is 2.41. The maximum Gasteiger partial charge on any atom is 0.422 e. The van der Waals surface area contributed by atoms with Crippen LogP contribution in [-0.4, -0.2) is 59.8 Å². The minimum atomic E-state index is -4.38. The van der Waals surface area contributed by atoms with Crippen molar-refractivity contribution in [3.63, 3.8) is 0 Å². The number of nitrogens with zero attached hydrogens (tertiary/aromatic N) is 3. The Kier molecular flexibility index (Phi) is 7.42. The van der Waals surface area contributed by atoms with Gasteiger partial charge in [0, 0.05) is 31.2 Å². The van der Waals surface area contributed by atoms with Crippen molar-refractivity contribution in [2.75, 3.05) is 38.1 Å². The second kappa shape index (κ2) is 10.9. The fraction of sp³-hybridized carbons (Fsp3) is 0.357. The van der Waals surface area contributed by atoms with Crippen molar-refractivity contribution in [2.24, 2.45) is 5.41 Å². The Labute approximate surface area is 219 Å². The third kappa shape index (κ3) is 6.74. The van der Waals surface area contributed by atoms with Crippen molar-refractivity contribution in [1.82, 2.24) is 14.8 Å². The van der Waals surface area contributed by atoms with Crippen LogP contribution in [0.5, 0.6) is 17.2 Å². The number of ether oxygens (including phenoxy) is 2. The van der Waals surface area contributed by atoms with Gasteiger partial charge >= 0.3 is 12.2 Å². The van der Waals surface area contributed by atoms with E-state index in [1.165, 1.54) is 12.1 Å². The molecule has 0 atom stereocenters. The first-order chi connectivity index (χ1) is 18.3. The first-order valence-corrected chi connectivity index (χ1v) is 12.5. The molecule has 0 radical (unpaired) electrons. The molecule has 2 fully saturated rings. The second-order valence-corrected chi connectivity index (χ2v) is 9.93. The van der Waals surface area contributed by atoms with Gasteiger partial charge in [0.15, 0.2) is 6.61 Å². The predicted molar refractivity (Wildman–Crippen MR) is 136 cm³/mol. The van der Waals surface area contributed by atoms with Crippen molar-refractivity contribution in [2.45, 2.75) is 25.6 Å². The van der Waals surface area contributed by atoms with Gasteiger partial charge in [-0.15, -0.1) is 0 Å². The standard InChI is InChI=1S/C28H29F3N4O3/c29-28(30,31)20-37-23-6-8-24(9-7-23)38-25-5-1-3-21(15-25)17-34-13-10-27(11-14-34)18-35(19-27)26(36)33-22-4-2-12-32-16-22/h1-9,12,15-16H,10-11,13-14,17-20H2,(H,33,36). The number of pyridine rings is 1. The summed E-state index contributed by atoms with van der Waals surface area (Å²) in [4.78, 5) is 20.8. The molecule has 1 N–H and O–H groups in total. The Balaban J connectivity index is 1.07. The van der Waals surface area contributed by atoms with Crippen LogP contribution in [-0.2, 0) is 6.54 Å². The SMILES string of the molecule is O=C(Nc1cccnc1)N1CC2(CCN(Cc3cccc(Oc4ccc(OCC(F)(F)F)cc4)c3)CC2)C1. The Hall–Kier alpha value is -3.79. The molecule has 3 aromatic rings. The summed E-state index contributed by atoms with van der Waals surface area (Å²) in [6.45, 7) is 2.94. The van der Waals surface area contributed by atoms with E-state index in [2.05, 4.69) is 21.3 Å². The number of alkyl halides is 3. The molecule has 0 bridgehead atoms. The molecule has 38 heavy (non-hydrogen) atoms. The van der Waals surface area contributed by atoms with Gasteiger partial charge in [-0.05, 0) is 80.0 Å². The molecule has 0 saturated carbocycles. The smallest absolute Gasteiger partial charge is 0.422 e. The van der Waals surface area contributed by atoms with Crippen molar-refractivity contribution >= 4 is 11.7 Å². The molecule has 2 saturated heterocycles. The zero-order chi connectivity index (χ0) is 26.6. The Morgan fingerprint density at radius 1 is 0.974 bits per heavy atom. The first-order valence-electron chi connectivity index (χ1n) is 12.5. The number of carbonyl (C=O) groups is 1. The molecule has 200 valence electrons. The van der Waals surface area contributed by atoms with Gasteiger partial charge in [0.1, 0.15) is 17.2 Å². The van der Waals surface area contributed by atoms with Crippen LogP contribution in [0.3, 0.4) is 0 Å². The zero-order valence-corrected chi connectivity index (χ0v) is 20.8. The molecule has 0 unspecified atom stereocenters. The summed E-state index contributed by atoms with van der Waals surface area (Å²) in [7, 11) is 0. The van der Waals surface area contributed by atoms with E-state index in [-0.39, 0.29) is 17.2 Å². The number of urea groups is 1. The molecular formula is C28H29F3N4O3. The monoisotopic (exact) mass is 526 g/mol. The van der Waals surface area contributed by atoms with Crippen molar-refractivity contribution in [1.29, 1.82) is 0 Å². The number of nitrogens with one attached hydrogen (secondary N) is 1. The lowest BCUT2D eigenvalue weighted by Gasteiger charge is -2.53. The topological polar surface area (TPSA) is 66.9 Å². The second-order valence-electron chi connectivity index (χ2n) is 9.93. The van der Waals surface area contributed by atoms with Gasteiger partial charge in [-0.2, -0.15) is 13.2 Å². The highest BCUT2D eigenvalue weighted by atomic mass is 19.4. The van der Waals surface area contributed by atoms with Crippen LogP contribution in [0.25, 0.3) is 0 Å². The van der Waals surface area contributed by atoms with Gasteiger partial charge in [0.2, 0.25) is 0 Å². The van der Waals surface area contributed by atoms with E-state index < -0.39 is 12.8 Å². The van der Waals surface area contributed by atoms with Crippen LogP contribution >= 0.6 is 0 Å². The largest absolute Gasteiger partial charge is 0.484 e. The Bertz CT molecular complexity index is 1220. The van der Waals surface area contributed by atoms with E-state index in [4.69, 9.17) is 9.47 Å². The van der Waals surface area contributed by atoms with E-state index >= 15 is 0 Å². The van der Waals surface area contributed by atoms with E-state index in [1.807, 2.05) is 29.2 Å². The number of hydrogen-bond donors (Lipinski definition) is 1. The number of piperidine rings is 1. The highest BCUT2D eigenvalue weighted by molar-refractivity contribution is 5.89. The van der Waals surface area contributed by atoms with Crippen LogP contribution in [0.1, 0.15) is 18.4 Å². The highest BCUT2D eigenvalue weighted by Gasteiger charge is 2.46. The summed E-state index contributed by atoms with van der Waals surface area (Å²) in [5.41, 5.74) is 2.02.